The highest BCUT2D eigenvalue weighted by Gasteiger charge is 2.59. The van der Waals surface area contributed by atoms with Gasteiger partial charge in [0.05, 0.1) is 5.76 Å². The minimum Gasteiger partial charge on any atom is -0.512 e. The van der Waals surface area contributed by atoms with E-state index in [0.29, 0.717) is 29.9 Å². The Morgan fingerprint density at radius 1 is 1.26 bits per heavy atom. The number of hydrogen-bond donors (Lipinski definition) is 1. The number of likely N-dealkylation sites (tertiary alicyclic amines) is 1. The van der Waals surface area contributed by atoms with E-state index in [2.05, 4.69) is 20.8 Å². The molecule has 1 heterocycles. The third kappa shape index (κ3) is 2.39. The van der Waals surface area contributed by atoms with E-state index in [1.54, 1.807) is 0 Å². The summed E-state index contributed by atoms with van der Waals surface area (Å²) >= 11 is 0. The lowest BCUT2D eigenvalue weighted by molar-refractivity contribution is -0.132. The molecular weight excluding hydrogens is 238 g/mol. The highest BCUT2D eigenvalue weighted by atomic mass is 16.3. The molecule has 0 aromatic rings. The van der Waals surface area contributed by atoms with Crippen LogP contribution in [0.2, 0.25) is 0 Å². The fourth-order valence-corrected chi connectivity index (χ4v) is 3.55. The average Bonchev–Trinajstić information content (AvgIpc) is 2.68. The first-order chi connectivity index (χ1) is 8.87. The Morgan fingerprint density at radius 2 is 1.84 bits per heavy atom. The molecule has 2 unspecified atom stereocenters. The Kier molecular flexibility index (Phi) is 2.91. The lowest BCUT2D eigenvalue weighted by Gasteiger charge is -2.25. The molecule has 1 aliphatic heterocycles. The van der Waals surface area contributed by atoms with Gasteiger partial charge in [0.15, 0.2) is 0 Å². The molecule has 0 aromatic heterocycles. The first-order valence-electron chi connectivity index (χ1n) is 7.55. The van der Waals surface area contributed by atoms with E-state index >= 15 is 0 Å². The summed E-state index contributed by atoms with van der Waals surface area (Å²) in [6.45, 7) is 8.05. The number of fused-ring (bicyclic) bond motifs is 1. The van der Waals surface area contributed by atoms with Crippen LogP contribution in [0.15, 0.2) is 11.3 Å². The van der Waals surface area contributed by atoms with Crippen LogP contribution in [0, 0.1) is 23.2 Å². The van der Waals surface area contributed by atoms with Crippen molar-refractivity contribution in [3.63, 3.8) is 0 Å². The van der Waals surface area contributed by atoms with Gasteiger partial charge in [-0.3, -0.25) is 4.79 Å². The predicted octanol–water partition coefficient (Wildman–Crippen LogP) is 3.12. The van der Waals surface area contributed by atoms with Crippen LogP contribution < -0.4 is 0 Å². The van der Waals surface area contributed by atoms with Crippen molar-refractivity contribution >= 4 is 5.91 Å². The number of amides is 1. The molecule has 3 fully saturated rings. The number of nitrogens with zero attached hydrogens (tertiary/aromatic N) is 1. The third-order valence-electron chi connectivity index (χ3n) is 4.86. The molecule has 2 saturated carbocycles. The number of aliphatic hydroxyl groups is 1. The van der Waals surface area contributed by atoms with Crippen molar-refractivity contribution < 1.29 is 9.90 Å². The second-order valence-electron chi connectivity index (χ2n) is 7.73. The van der Waals surface area contributed by atoms with Crippen LogP contribution in [0.5, 0.6) is 0 Å². The van der Waals surface area contributed by atoms with E-state index in [1.165, 1.54) is 12.0 Å². The quantitative estimate of drug-likeness (QED) is 0.778. The van der Waals surface area contributed by atoms with Gasteiger partial charge in [0.2, 0.25) is 5.91 Å². The van der Waals surface area contributed by atoms with Crippen LogP contribution >= 0.6 is 0 Å². The fourth-order valence-electron chi connectivity index (χ4n) is 3.55. The third-order valence-corrected chi connectivity index (χ3v) is 4.86. The Bertz CT molecular complexity index is 415. The SMILES string of the molecule is CC(C)(C)CC(=O)N1CC2C(C1)C2C(O)=C1CCC1. The van der Waals surface area contributed by atoms with Crippen LogP contribution in [-0.2, 0) is 4.79 Å². The second kappa shape index (κ2) is 4.26. The van der Waals surface area contributed by atoms with Gasteiger partial charge in [0, 0.05) is 25.4 Å². The van der Waals surface area contributed by atoms with E-state index < -0.39 is 0 Å². The zero-order valence-electron chi connectivity index (χ0n) is 12.3. The zero-order chi connectivity index (χ0) is 13.8. The molecule has 0 radical (unpaired) electrons. The standard InChI is InChI=1S/C16H25NO2/c1-16(2,3)7-13(18)17-8-11-12(9-17)14(11)15(19)10-5-4-6-10/h11-12,14,19H,4-9H2,1-3H3. The molecule has 19 heavy (non-hydrogen) atoms. The van der Waals surface area contributed by atoms with Crippen LogP contribution in [0.1, 0.15) is 46.5 Å². The van der Waals surface area contributed by atoms with Gasteiger partial charge in [-0.1, -0.05) is 20.8 Å². The summed E-state index contributed by atoms with van der Waals surface area (Å²) in [5.41, 5.74) is 1.35. The van der Waals surface area contributed by atoms with E-state index in [1.807, 2.05) is 4.90 Å². The van der Waals surface area contributed by atoms with Crippen molar-refractivity contribution in [2.75, 3.05) is 13.1 Å². The van der Waals surface area contributed by atoms with E-state index in [-0.39, 0.29) is 11.3 Å². The Morgan fingerprint density at radius 3 is 2.26 bits per heavy atom. The molecule has 0 spiro atoms. The van der Waals surface area contributed by atoms with Gasteiger partial charge in [0.1, 0.15) is 0 Å². The van der Waals surface area contributed by atoms with Crippen molar-refractivity contribution in [3.8, 4) is 0 Å². The number of hydrogen-bond acceptors (Lipinski definition) is 2. The van der Waals surface area contributed by atoms with E-state index in [4.69, 9.17) is 0 Å². The summed E-state index contributed by atoms with van der Waals surface area (Å²) in [4.78, 5) is 14.2. The summed E-state index contributed by atoms with van der Waals surface area (Å²) in [5.74, 6) is 2.43. The number of piperidine rings is 1. The van der Waals surface area contributed by atoms with E-state index in [9.17, 15) is 9.90 Å². The molecule has 2 atom stereocenters. The second-order valence-corrected chi connectivity index (χ2v) is 7.73. The van der Waals surface area contributed by atoms with Gasteiger partial charge in [-0.25, -0.2) is 0 Å². The number of carbonyl (C=O) groups excluding carboxylic acids is 1. The molecule has 3 rings (SSSR count). The molecule has 3 nitrogen and oxygen atoms in total. The topological polar surface area (TPSA) is 40.5 Å². The fraction of sp³-hybridized carbons (Fsp3) is 0.812. The molecule has 0 aromatic carbocycles. The molecule has 106 valence electrons. The van der Waals surface area contributed by atoms with Gasteiger partial charge >= 0.3 is 0 Å². The number of aliphatic hydroxyl groups excluding tert-OH is 1. The summed E-state index contributed by atoms with van der Waals surface area (Å²) in [7, 11) is 0. The van der Waals surface area contributed by atoms with Gasteiger partial charge in [-0.2, -0.15) is 0 Å². The van der Waals surface area contributed by atoms with E-state index in [0.717, 1.165) is 25.9 Å². The Balaban J connectivity index is 1.54. The minimum atomic E-state index is 0.0688. The minimum absolute atomic E-state index is 0.0688. The normalized spacial score (nSPS) is 32.9. The highest BCUT2D eigenvalue weighted by molar-refractivity contribution is 5.77. The molecule has 3 aliphatic rings. The maximum atomic E-state index is 12.2. The van der Waals surface area contributed by atoms with Gasteiger partial charge in [-0.15, -0.1) is 0 Å². The van der Waals surface area contributed by atoms with Crippen molar-refractivity contribution in [1.82, 2.24) is 4.90 Å². The van der Waals surface area contributed by atoms with Gasteiger partial charge < -0.3 is 10.0 Å². The molecular formula is C16H25NO2. The molecule has 3 heteroatoms. The molecule has 1 saturated heterocycles. The van der Waals surface area contributed by atoms with Crippen LogP contribution in [0.4, 0.5) is 0 Å². The summed E-state index contributed by atoms with van der Waals surface area (Å²) < 4.78 is 0. The summed E-state index contributed by atoms with van der Waals surface area (Å²) in [6, 6.07) is 0. The number of rotatable bonds is 2. The molecule has 0 bridgehead atoms. The summed E-state index contributed by atoms with van der Waals surface area (Å²) in [6.07, 6.45) is 4.05. The molecule has 1 N–H and O–H groups in total. The highest BCUT2D eigenvalue weighted by Crippen LogP contribution is 2.56. The average molecular weight is 263 g/mol. The molecule has 2 aliphatic carbocycles. The Hall–Kier alpha value is -0.990. The first-order valence-corrected chi connectivity index (χ1v) is 7.55. The van der Waals surface area contributed by atoms with Crippen molar-refractivity contribution in [2.45, 2.75) is 46.5 Å². The molecule has 1 amide bonds. The monoisotopic (exact) mass is 263 g/mol. The lowest BCUT2D eigenvalue weighted by atomic mass is 9.89. The number of carbonyl (C=O) groups is 1. The van der Waals surface area contributed by atoms with Crippen molar-refractivity contribution in [3.05, 3.63) is 11.3 Å². The van der Waals surface area contributed by atoms with Crippen molar-refractivity contribution in [2.24, 2.45) is 23.2 Å². The van der Waals surface area contributed by atoms with Crippen LogP contribution in [0.25, 0.3) is 0 Å². The van der Waals surface area contributed by atoms with Crippen molar-refractivity contribution in [1.29, 1.82) is 0 Å². The zero-order valence-corrected chi connectivity index (χ0v) is 12.3. The lowest BCUT2D eigenvalue weighted by Crippen LogP contribution is -2.34. The first kappa shape index (κ1) is 13.0. The van der Waals surface area contributed by atoms with Gasteiger partial charge in [-0.05, 0) is 42.1 Å². The summed E-state index contributed by atoms with van der Waals surface area (Å²) in [5, 5.41) is 10.2. The maximum Gasteiger partial charge on any atom is 0.223 e. The largest absolute Gasteiger partial charge is 0.512 e. The van der Waals surface area contributed by atoms with Crippen LogP contribution in [-0.4, -0.2) is 29.0 Å². The smallest absolute Gasteiger partial charge is 0.223 e. The Labute approximate surface area is 115 Å². The number of allylic oxidation sites excluding steroid dienone is 2. The van der Waals surface area contributed by atoms with Crippen LogP contribution in [0.3, 0.4) is 0 Å². The predicted molar refractivity (Wildman–Crippen MR) is 74.6 cm³/mol. The maximum absolute atomic E-state index is 12.2. The van der Waals surface area contributed by atoms with Gasteiger partial charge in [0.25, 0.3) is 0 Å².